The molecule has 1 aromatic heterocycles. The fourth-order valence-electron chi connectivity index (χ4n) is 1.48. The van der Waals surface area contributed by atoms with Gasteiger partial charge in [0.15, 0.2) is 0 Å². The van der Waals surface area contributed by atoms with Crippen molar-refractivity contribution < 1.29 is 4.39 Å². The summed E-state index contributed by atoms with van der Waals surface area (Å²) in [6.07, 6.45) is 0. The Morgan fingerprint density at radius 3 is 2.62 bits per heavy atom. The molecule has 0 aliphatic rings. The zero-order valence-electron chi connectivity index (χ0n) is 8.96. The molecule has 0 bridgehead atoms. The average Bonchev–Trinajstić information content (AvgIpc) is 2.50. The van der Waals surface area contributed by atoms with E-state index in [1.165, 1.54) is 6.07 Å². The molecule has 0 aliphatic heterocycles. The number of rotatable bonds is 1. The topological polar surface area (TPSA) is 43.8 Å². The van der Waals surface area contributed by atoms with Crippen LogP contribution in [0.25, 0.3) is 11.3 Å². The van der Waals surface area contributed by atoms with Gasteiger partial charge in [-0.3, -0.25) is 0 Å². The number of anilines is 1. The van der Waals surface area contributed by atoms with Crippen molar-refractivity contribution in [2.75, 3.05) is 5.73 Å². The minimum absolute atomic E-state index is 0.319. The number of benzene rings is 1. The van der Waals surface area contributed by atoms with Crippen LogP contribution in [0.3, 0.4) is 0 Å². The molecule has 0 amide bonds. The van der Waals surface area contributed by atoms with Crippen LogP contribution in [0.5, 0.6) is 0 Å². The molecule has 0 atom stereocenters. The van der Waals surface area contributed by atoms with E-state index in [2.05, 4.69) is 20.9 Å². The lowest BCUT2D eigenvalue weighted by atomic mass is 10.1. The van der Waals surface area contributed by atoms with Crippen molar-refractivity contribution in [3.05, 3.63) is 34.3 Å². The van der Waals surface area contributed by atoms with E-state index in [-0.39, 0.29) is 5.82 Å². The third-order valence-electron chi connectivity index (χ3n) is 2.56. The molecule has 16 heavy (non-hydrogen) atoms. The Bertz CT molecular complexity index is 548. The number of nitrogen functional groups attached to an aromatic ring is 1. The molecule has 2 N–H and O–H groups in total. The Balaban J connectivity index is 2.59. The molecular weight excluding hydrogens is 273 g/mol. The lowest BCUT2D eigenvalue weighted by Gasteiger charge is -2.01. The lowest BCUT2D eigenvalue weighted by molar-refractivity contribution is 0.621. The fraction of sp³-hybridized carbons (Fsp3) is 0.182. The van der Waals surface area contributed by atoms with Crippen LogP contribution in [-0.2, 0) is 7.05 Å². The first kappa shape index (κ1) is 11.1. The average molecular weight is 284 g/mol. The molecule has 0 saturated carbocycles. The number of imidazole rings is 1. The minimum Gasteiger partial charge on any atom is -0.383 e. The summed E-state index contributed by atoms with van der Waals surface area (Å²) in [6.45, 7) is 1.86. The third kappa shape index (κ3) is 1.71. The third-order valence-corrected chi connectivity index (χ3v) is 3.20. The van der Waals surface area contributed by atoms with Crippen molar-refractivity contribution in [1.82, 2.24) is 9.55 Å². The van der Waals surface area contributed by atoms with Gasteiger partial charge < -0.3 is 10.3 Å². The van der Waals surface area contributed by atoms with E-state index >= 15 is 0 Å². The largest absolute Gasteiger partial charge is 0.383 e. The Hall–Kier alpha value is -1.36. The molecular formula is C11H11BrFN3. The van der Waals surface area contributed by atoms with Crippen LogP contribution in [0.2, 0.25) is 0 Å². The quantitative estimate of drug-likeness (QED) is 0.875. The summed E-state index contributed by atoms with van der Waals surface area (Å²) in [5, 5.41) is 0. The second-order valence-corrected chi connectivity index (χ2v) is 4.44. The number of halogens is 2. The monoisotopic (exact) mass is 283 g/mol. The van der Waals surface area contributed by atoms with Gasteiger partial charge in [-0.1, -0.05) is 6.07 Å². The second-order valence-electron chi connectivity index (χ2n) is 3.58. The fourth-order valence-corrected chi connectivity index (χ4v) is 1.73. The van der Waals surface area contributed by atoms with E-state index in [0.29, 0.717) is 21.5 Å². The molecule has 0 radical (unpaired) electrons. The van der Waals surface area contributed by atoms with Crippen molar-refractivity contribution in [2.24, 2.45) is 7.05 Å². The van der Waals surface area contributed by atoms with Crippen molar-refractivity contribution in [3.63, 3.8) is 0 Å². The highest BCUT2D eigenvalue weighted by molar-refractivity contribution is 9.10. The summed E-state index contributed by atoms with van der Waals surface area (Å²) >= 11 is 3.11. The zero-order valence-corrected chi connectivity index (χ0v) is 10.5. The Morgan fingerprint density at radius 1 is 1.44 bits per heavy atom. The molecule has 0 aliphatic carbocycles. The van der Waals surface area contributed by atoms with Gasteiger partial charge in [0.1, 0.15) is 23.2 Å². The summed E-state index contributed by atoms with van der Waals surface area (Å²) in [5.41, 5.74) is 7.19. The molecule has 0 unspecified atom stereocenters. The first-order valence-corrected chi connectivity index (χ1v) is 5.54. The molecule has 5 heteroatoms. The van der Waals surface area contributed by atoms with Crippen molar-refractivity contribution >= 4 is 21.7 Å². The normalized spacial score (nSPS) is 10.8. The van der Waals surface area contributed by atoms with E-state index < -0.39 is 0 Å². The smallest absolute Gasteiger partial charge is 0.138 e. The molecule has 2 rings (SSSR count). The van der Waals surface area contributed by atoms with Crippen LogP contribution in [0, 0.1) is 12.7 Å². The van der Waals surface area contributed by atoms with Crippen LogP contribution in [0.1, 0.15) is 5.82 Å². The van der Waals surface area contributed by atoms with E-state index in [9.17, 15) is 4.39 Å². The van der Waals surface area contributed by atoms with Gasteiger partial charge in [0.05, 0.1) is 4.47 Å². The molecule has 0 spiro atoms. The molecule has 1 aromatic carbocycles. The van der Waals surface area contributed by atoms with Gasteiger partial charge in [0.25, 0.3) is 0 Å². The minimum atomic E-state index is -0.319. The van der Waals surface area contributed by atoms with E-state index in [1.54, 1.807) is 16.7 Å². The summed E-state index contributed by atoms with van der Waals surface area (Å²) in [5.74, 6) is 1.02. The summed E-state index contributed by atoms with van der Waals surface area (Å²) in [7, 11) is 1.83. The van der Waals surface area contributed by atoms with E-state index in [1.807, 2.05) is 14.0 Å². The molecule has 84 valence electrons. The maximum atomic E-state index is 13.4. The van der Waals surface area contributed by atoms with Gasteiger partial charge in [0.2, 0.25) is 0 Å². The second kappa shape index (κ2) is 3.90. The molecule has 3 nitrogen and oxygen atoms in total. The van der Waals surface area contributed by atoms with Gasteiger partial charge >= 0.3 is 0 Å². The van der Waals surface area contributed by atoms with Gasteiger partial charge in [-0.15, -0.1) is 0 Å². The summed E-state index contributed by atoms with van der Waals surface area (Å²) in [6, 6.07) is 4.85. The van der Waals surface area contributed by atoms with Crippen LogP contribution < -0.4 is 5.73 Å². The van der Waals surface area contributed by atoms with E-state index in [4.69, 9.17) is 5.73 Å². The first-order chi connectivity index (χ1) is 7.50. The lowest BCUT2D eigenvalue weighted by Crippen LogP contribution is -1.98. The van der Waals surface area contributed by atoms with Gasteiger partial charge in [-0.25, -0.2) is 9.37 Å². The van der Waals surface area contributed by atoms with Crippen LogP contribution in [-0.4, -0.2) is 9.55 Å². The zero-order chi connectivity index (χ0) is 11.9. The predicted molar refractivity (Wildman–Crippen MR) is 65.5 cm³/mol. The predicted octanol–water partition coefficient (Wildman–Crippen LogP) is 2.88. The Morgan fingerprint density at radius 2 is 2.12 bits per heavy atom. The molecule has 1 heterocycles. The van der Waals surface area contributed by atoms with Gasteiger partial charge in [0, 0.05) is 12.6 Å². The number of nitrogens with zero attached hydrogens (tertiary/aromatic N) is 2. The van der Waals surface area contributed by atoms with Gasteiger partial charge in [-0.05, 0) is 35.0 Å². The maximum absolute atomic E-state index is 13.4. The van der Waals surface area contributed by atoms with Crippen molar-refractivity contribution in [3.8, 4) is 11.3 Å². The highest BCUT2D eigenvalue weighted by Gasteiger charge is 2.12. The molecule has 0 fully saturated rings. The SMILES string of the molecule is Cc1nc(-c2ccc(Br)c(F)c2)c(N)n1C. The number of aryl methyl sites for hydroxylation is 1. The van der Waals surface area contributed by atoms with Crippen molar-refractivity contribution in [1.29, 1.82) is 0 Å². The number of nitrogens with two attached hydrogens (primary N) is 1. The Kier molecular flexibility index (Phi) is 2.71. The highest BCUT2D eigenvalue weighted by Crippen LogP contribution is 2.28. The summed E-state index contributed by atoms with van der Waals surface area (Å²) < 4.78 is 15.6. The summed E-state index contributed by atoms with van der Waals surface area (Å²) in [4.78, 5) is 4.31. The van der Waals surface area contributed by atoms with Gasteiger partial charge in [-0.2, -0.15) is 0 Å². The standard InChI is InChI=1S/C11H11BrFN3/c1-6-15-10(11(14)16(6)2)7-3-4-8(12)9(13)5-7/h3-5H,14H2,1-2H3. The first-order valence-electron chi connectivity index (χ1n) is 4.75. The van der Waals surface area contributed by atoms with Crippen molar-refractivity contribution in [2.45, 2.75) is 6.92 Å². The number of hydrogen-bond donors (Lipinski definition) is 1. The van der Waals surface area contributed by atoms with Crippen LogP contribution in [0.15, 0.2) is 22.7 Å². The number of hydrogen-bond acceptors (Lipinski definition) is 2. The van der Waals surface area contributed by atoms with Crippen LogP contribution in [0.4, 0.5) is 10.2 Å². The van der Waals surface area contributed by atoms with Crippen LogP contribution >= 0.6 is 15.9 Å². The Labute approximate surface area is 101 Å². The molecule has 2 aromatic rings. The van der Waals surface area contributed by atoms with E-state index in [0.717, 1.165) is 5.82 Å². The molecule has 0 saturated heterocycles. The maximum Gasteiger partial charge on any atom is 0.138 e. The highest BCUT2D eigenvalue weighted by atomic mass is 79.9. The number of aromatic nitrogens is 2.